The number of nitrogens with one attached hydrogen (secondary N) is 1. The number of sulfonamides is 1. The normalized spacial score (nSPS) is 12.2. The molecule has 0 fully saturated rings. The molecular formula is C30H36ClN3O4S. The van der Waals surface area contributed by atoms with Crippen LogP contribution in [-0.2, 0) is 26.2 Å². The van der Waals surface area contributed by atoms with E-state index >= 15 is 0 Å². The number of carbonyl (C=O) groups is 2. The monoisotopic (exact) mass is 569 g/mol. The number of hydrogen-bond donors (Lipinski definition) is 1. The van der Waals surface area contributed by atoms with Gasteiger partial charge in [-0.1, -0.05) is 72.1 Å². The minimum atomic E-state index is -4.14. The smallest absolute Gasteiger partial charge is 0.264 e. The summed E-state index contributed by atoms with van der Waals surface area (Å²) in [6.07, 6.45) is 0.359. The van der Waals surface area contributed by atoms with Crippen molar-refractivity contribution in [2.75, 3.05) is 10.8 Å². The molecule has 0 heterocycles. The average Bonchev–Trinajstić information content (AvgIpc) is 2.86. The highest BCUT2D eigenvalue weighted by atomic mass is 35.5. The van der Waals surface area contributed by atoms with Gasteiger partial charge >= 0.3 is 0 Å². The van der Waals surface area contributed by atoms with Gasteiger partial charge in [0, 0.05) is 17.6 Å². The molecule has 0 saturated heterocycles. The van der Waals surface area contributed by atoms with E-state index in [1.165, 1.54) is 23.1 Å². The average molecular weight is 570 g/mol. The third kappa shape index (κ3) is 7.83. The molecule has 1 N–H and O–H groups in total. The third-order valence-corrected chi connectivity index (χ3v) is 8.26. The van der Waals surface area contributed by atoms with Crippen molar-refractivity contribution < 1.29 is 18.0 Å². The van der Waals surface area contributed by atoms with E-state index in [1.54, 1.807) is 30.3 Å². The lowest BCUT2D eigenvalue weighted by Crippen LogP contribution is -2.53. The summed E-state index contributed by atoms with van der Waals surface area (Å²) in [4.78, 5) is 28.7. The van der Waals surface area contributed by atoms with E-state index in [9.17, 15) is 18.0 Å². The molecule has 0 radical (unpaired) electrons. The highest BCUT2D eigenvalue weighted by molar-refractivity contribution is 7.92. The summed E-state index contributed by atoms with van der Waals surface area (Å²) >= 11 is 6.22. The zero-order valence-corrected chi connectivity index (χ0v) is 24.6. The second kappa shape index (κ2) is 13.1. The van der Waals surface area contributed by atoms with Crippen LogP contribution >= 0.6 is 11.6 Å². The summed E-state index contributed by atoms with van der Waals surface area (Å²) in [5.41, 5.74) is 3.02. The van der Waals surface area contributed by atoms with Crippen molar-refractivity contribution in [1.29, 1.82) is 0 Å². The number of aryl methyl sites for hydroxylation is 2. The maximum Gasteiger partial charge on any atom is 0.264 e. The summed E-state index contributed by atoms with van der Waals surface area (Å²) < 4.78 is 28.8. The molecule has 0 aliphatic rings. The predicted molar refractivity (Wildman–Crippen MR) is 156 cm³/mol. The predicted octanol–water partition coefficient (Wildman–Crippen LogP) is 5.48. The van der Waals surface area contributed by atoms with Gasteiger partial charge in [-0.05, 0) is 70.0 Å². The molecule has 7 nitrogen and oxygen atoms in total. The molecule has 0 bridgehead atoms. The fraction of sp³-hybridized carbons (Fsp3) is 0.333. The molecule has 3 rings (SSSR count). The highest BCUT2D eigenvalue weighted by Gasteiger charge is 2.34. The van der Waals surface area contributed by atoms with Crippen molar-refractivity contribution in [3.8, 4) is 0 Å². The largest absolute Gasteiger partial charge is 0.352 e. The minimum absolute atomic E-state index is 0.0516. The Morgan fingerprint density at radius 2 is 1.59 bits per heavy atom. The zero-order chi connectivity index (χ0) is 28.7. The van der Waals surface area contributed by atoms with Crippen molar-refractivity contribution in [3.05, 3.63) is 94.5 Å². The van der Waals surface area contributed by atoms with E-state index in [1.807, 2.05) is 58.9 Å². The Labute approximate surface area is 236 Å². The first-order chi connectivity index (χ1) is 18.4. The zero-order valence-electron chi connectivity index (χ0n) is 23.0. The Hall–Kier alpha value is -3.36. The Kier molecular flexibility index (Phi) is 10.2. The SMILES string of the molecule is CC[C@H](C(=O)NC(C)C)N(Cc1cccc(C)c1)C(=O)CN(c1cccc(Cl)c1)S(=O)(=O)c1ccc(C)cc1. The molecule has 0 aliphatic carbocycles. The van der Waals surface area contributed by atoms with Crippen molar-refractivity contribution in [3.63, 3.8) is 0 Å². The fourth-order valence-electron chi connectivity index (χ4n) is 4.30. The first kappa shape index (κ1) is 30.2. The van der Waals surface area contributed by atoms with Gasteiger partial charge in [0.2, 0.25) is 11.8 Å². The Morgan fingerprint density at radius 3 is 2.18 bits per heavy atom. The summed E-state index contributed by atoms with van der Waals surface area (Å²) in [6, 6.07) is 19.6. The number of benzene rings is 3. The van der Waals surface area contributed by atoms with Crippen molar-refractivity contribution in [2.45, 2.75) is 64.6 Å². The molecule has 0 saturated carbocycles. The van der Waals surface area contributed by atoms with Crippen LogP contribution in [0.25, 0.3) is 0 Å². The van der Waals surface area contributed by atoms with E-state index < -0.39 is 28.5 Å². The van der Waals surface area contributed by atoms with Gasteiger partial charge in [-0.15, -0.1) is 0 Å². The van der Waals surface area contributed by atoms with Gasteiger partial charge < -0.3 is 10.2 Å². The number of amides is 2. The van der Waals surface area contributed by atoms with Crippen LogP contribution in [0.1, 0.15) is 43.9 Å². The maximum absolute atomic E-state index is 14.0. The molecule has 9 heteroatoms. The van der Waals surface area contributed by atoms with Gasteiger partial charge in [-0.3, -0.25) is 13.9 Å². The quantitative estimate of drug-likeness (QED) is 0.331. The Balaban J connectivity index is 2.07. The first-order valence-electron chi connectivity index (χ1n) is 12.9. The summed E-state index contributed by atoms with van der Waals surface area (Å²) in [6.45, 7) is 9.00. The van der Waals surface area contributed by atoms with Gasteiger partial charge in [0.25, 0.3) is 10.0 Å². The molecule has 0 aromatic heterocycles. The van der Waals surface area contributed by atoms with Gasteiger partial charge in [0.05, 0.1) is 10.6 Å². The molecule has 3 aromatic rings. The Bertz CT molecular complexity index is 1410. The van der Waals surface area contributed by atoms with Crippen LogP contribution in [0.2, 0.25) is 5.02 Å². The summed E-state index contributed by atoms with van der Waals surface area (Å²) in [5, 5.41) is 3.23. The van der Waals surface area contributed by atoms with Crippen LogP contribution in [0.4, 0.5) is 5.69 Å². The number of nitrogens with zero attached hydrogens (tertiary/aromatic N) is 2. The molecule has 2 amide bonds. The molecule has 3 aromatic carbocycles. The van der Waals surface area contributed by atoms with Crippen LogP contribution in [0.3, 0.4) is 0 Å². The third-order valence-electron chi connectivity index (χ3n) is 6.24. The molecule has 0 aliphatic heterocycles. The standard InChI is InChI=1S/C30H36ClN3O4S/c1-6-28(30(36)32-21(2)3)33(19-24-10-7-9-23(5)17-24)29(35)20-34(26-12-8-11-25(31)18-26)39(37,38)27-15-13-22(4)14-16-27/h7-18,21,28H,6,19-20H2,1-5H3,(H,32,36)/t28-/m1/s1. The van der Waals surface area contributed by atoms with E-state index in [-0.39, 0.29) is 29.1 Å². The first-order valence-corrected chi connectivity index (χ1v) is 14.7. The van der Waals surface area contributed by atoms with Gasteiger partial charge in [-0.2, -0.15) is 0 Å². The van der Waals surface area contributed by atoms with Crippen molar-refractivity contribution >= 4 is 39.1 Å². The number of hydrogen-bond acceptors (Lipinski definition) is 4. The van der Waals surface area contributed by atoms with E-state index in [2.05, 4.69) is 5.32 Å². The lowest BCUT2D eigenvalue weighted by atomic mass is 10.1. The number of rotatable bonds is 11. The van der Waals surface area contributed by atoms with Gasteiger partial charge in [-0.25, -0.2) is 8.42 Å². The lowest BCUT2D eigenvalue weighted by molar-refractivity contribution is -0.140. The summed E-state index contributed by atoms with van der Waals surface area (Å²) in [7, 11) is -4.14. The fourth-order valence-corrected chi connectivity index (χ4v) is 5.90. The van der Waals surface area contributed by atoms with Crippen LogP contribution in [0.15, 0.2) is 77.7 Å². The van der Waals surface area contributed by atoms with Crippen molar-refractivity contribution in [1.82, 2.24) is 10.2 Å². The second-order valence-corrected chi connectivity index (χ2v) is 12.2. The van der Waals surface area contributed by atoms with Crippen LogP contribution in [0, 0.1) is 13.8 Å². The topological polar surface area (TPSA) is 86.8 Å². The van der Waals surface area contributed by atoms with E-state index in [0.29, 0.717) is 11.4 Å². The Morgan fingerprint density at radius 1 is 0.923 bits per heavy atom. The van der Waals surface area contributed by atoms with Crippen LogP contribution < -0.4 is 9.62 Å². The molecular weight excluding hydrogens is 534 g/mol. The van der Waals surface area contributed by atoms with E-state index in [4.69, 9.17) is 11.6 Å². The summed E-state index contributed by atoms with van der Waals surface area (Å²) in [5.74, 6) is -0.790. The van der Waals surface area contributed by atoms with Crippen LogP contribution in [-0.4, -0.2) is 43.8 Å². The molecule has 208 valence electrons. The molecule has 39 heavy (non-hydrogen) atoms. The van der Waals surface area contributed by atoms with Gasteiger partial charge in [0.15, 0.2) is 0 Å². The van der Waals surface area contributed by atoms with Crippen LogP contribution in [0.5, 0.6) is 0 Å². The minimum Gasteiger partial charge on any atom is -0.352 e. The second-order valence-electron chi connectivity index (χ2n) is 9.90. The maximum atomic E-state index is 14.0. The van der Waals surface area contributed by atoms with E-state index in [0.717, 1.165) is 21.0 Å². The number of halogens is 1. The molecule has 0 unspecified atom stereocenters. The highest BCUT2D eigenvalue weighted by Crippen LogP contribution is 2.27. The van der Waals surface area contributed by atoms with Crippen molar-refractivity contribution in [2.24, 2.45) is 0 Å². The van der Waals surface area contributed by atoms with Gasteiger partial charge in [0.1, 0.15) is 12.6 Å². The lowest BCUT2D eigenvalue weighted by Gasteiger charge is -2.33. The molecule has 1 atom stereocenters. The molecule has 0 spiro atoms. The number of anilines is 1. The number of carbonyl (C=O) groups excluding carboxylic acids is 2.